The molecule has 2 aliphatic rings. The minimum atomic E-state index is -1.09. The van der Waals surface area contributed by atoms with Gasteiger partial charge in [0.15, 0.2) is 0 Å². The van der Waals surface area contributed by atoms with Crippen LogP contribution >= 0.6 is 0 Å². The van der Waals surface area contributed by atoms with Crippen LogP contribution in [0.2, 0.25) is 0 Å². The molecule has 1 aliphatic heterocycles. The minimum absolute atomic E-state index is 0.0306. The maximum absolute atomic E-state index is 13.5. The van der Waals surface area contributed by atoms with Crippen molar-refractivity contribution in [1.82, 2.24) is 15.1 Å². The van der Waals surface area contributed by atoms with Crippen molar-refractivity contribution in [2.75, 3.05) is 39.4 Å². The van der Waals surface area contributed by atoms with Gasteiger partial charge in [-0.15, -0.1) is 0 Å². The Morgan fingerprint density at radius 3 is 2.10 bits per heavy atom. The lowest BCUT2D eigenvalue weighted by Gasteiger charge is -2.36. The number of carbonyl (C=O) groups is 3. The molecule has 0 spiro atoms. The number of carbonyl (C=O) groups excluding carboxylic acids is 3. The predicted molar refractivity (Wildman–Crippen MR) is 156 cm³/mol. The third-order valence-corrected chi connectivity index (χ3v) is 7.60. The number of fused-ring (bicyclic) bond motifs is 3. The van der Waals surface area contributed by atoms with E-state index in [9.17, 15) is 14.4 Å². The van der Waals surface area contributed by atoms with Gasteiger partial charge in [-0.05, 0) is 27.8 Å². The summed E-state index contributed by atoms with van der Waals surface area (Å²) in [7, 11) is 0. The van der Waals surface area contributed by atoms with Gasteiger partial charge in [0.1, 0.15) is 19.3 Å². The van der Waals surface area contributed by atoms with E-state index in [1.165, 1.54) is 11.6 Å². The van der Waals surface area contributed by atoms with E-state index < -0.39 is 18.1 Å². The maximum atomic E-state index is 13.5. The largest absolute Gasteiger partial charge is 0.461 e. The van der Waals surface area contributed by atoms with Crippen molar-refractivity contribution in [3.8, 4) is 11.1 Å². The average molecular weight is 554 g/mol. The summed E-state index contributed by atoms with van der Waals surface area (Å²) in [4.78, 5) is 42.9. The van der Waals surface area contributed by atoms with Crippen molar-refractivity contribution in [2.24, 2.45) is 0 Å². The Morgan fingerprint density at radius 1 is 0.854 bits per heavy atom. The van der Waals surface area contributed by atoms with Gasteiger partial charge in [0, 0.05) is 38.6 Å². The van der Waals surface area contributed by atoms with Crippen molar-refractivity contribution < 1.29 is 23.9 Å². The monoisotopic (exact) mass is 553 g/mol. The molecule has 1 N–H and O–H groups in total. The van der Waals surface area contributed by atoms with Crippen molar-refractivity contribution in [2.45, 2.75) is 24.9 Å². The third-order valence-electron chi connectivity index (χ3n) is 7.60. The lowest BCUT2D eigenvalue weighted by molar-refractivity contribution is -0.147. The number of esters is 1. The zero-order chi connectivity index (χ0) is 28.6. The zero-order valence-electron chi connectivity index (χ0n) is 23.0. The molecule has 41 heavy (non-hydrogen) atoms. The number of ether oxygens (including phenoxy) is 2. The van der Waals surface area contributed by atoms with Crippen LogP contribution < -0.4 is 5.32 Å². The Labute approximate surface area is 240 Å². The predicted octanol–water partition coefficient (Wildman–Crippen LogP) is 4.36. The molecule has 0 aromatic heterocycles. The van der Waals surface area contributed by atoms with E-state index in [0.717, 1.165) is 28.8 Å². The Hall–Kier alpha value is -4.43. The molecule has 3 aromatic rings. The van der Waals surface area contributed by atoms with E-state index in [4.69, 9.17) is 9.47 Å². The Kier molecular flexibility index (Phi) is 9.11. The van der Waals surface area contributed by atoms with Gasteiger partial charge in [0.2, 0.25) is 5.91 Å². The number of piperazine rings is 1. The number of amides is 2. The van der Waals surface area contributed by atoms with E-state index in [2.05, 4.69) is 41.1 Å². The summed E-state index contributed by atoms with van der Waals surface area (Å²) in [5.41, 5.74) is 5.65. The van der Waals surface area contributed by atoms with Crippen molar-refractivity contribution in [1.29, 1.82) is 0 Å². The number of nitrogens with zero attached hydrogens (tertiary/aromatic N) is 2. The van der Waals surface area contributed by atoms with Gasteiger partial charge in [-0.3, -0.25) is 14.5 Å². The molecule has 1 atom stereocenters. The van der Waals surface area contributed by atoms with Crippen LogP contribution in [0.1, 0.15) is 29.0 Å². The van der Waals surface area contributed by atoms with E-state index in [1.54, 1.807) is 4.90 Å². The van der Waals surface area contributed by atoms with Gasteiger partial charge in [-0.1, -0.05) is 91.5 Å². The molecule has 3 aromatic carbocycles. The first-order valence-corrected chi connectivity index (χ1v) is 14.0. The highest BCUT2D eigenvalue weighted by atomic mass is 16.5. The second-order valence-electron chi connectivity index (χ2n) is 10.3. The van der Waals surface area contributed by atoms with Gasteiger partial charge < -0.3 is 19.7 Å². The summed E-state index contributed by atoms with van der Waals surface area (Å²) in [6.07, 6.45) is 0.422. The molecule has 5 rings (SSSR count). The van der Waals surface area contributed by atoms with Gasteiger partial charge in [-0.2, -0.15) is 0 Å². The Morgan fingerprint density at radius 2 is 1.46 bits per heavy atom. The van der Waals surface area contributed by atoms with Crippen LogP contribution in [0.3, 0.4) is 0 Å². The van der Waals surface area contributed by atoms with E-state index >= 15 is 0 Å². The summed E-state index contributed by atoms with van der Waals surface area (Å²) in [5, 5.41) is 2.65. The standard InChI is InChI=1S/C33H35N3O5/c1-2-20-40-31(37)21-30(32(38)36-18-16-35(17-19-36)22-24-10-4-3-5-11-24)34-33(39)41-23-29-27-14-8-6-12-25(27)26-13-7-9-15-28(26)29/h2-15,29-30H,1,16-23H2,(H,34,39)/t30-/m1/s1. The van der Waals surface area contributed by atoms with Gasteiger partial charge in [0.25, 0.3) is 0 Å². The second-order valence-corrected chi connectivity index (χ2v) is 10.3. The van der Waals surface area contributed by atoms with Gasteiger partial charge in [0.05, 0.1) is 6.42 Å². The molecule has 212 valence electrons. The molecule has 8 nitrogen and oxygen atoms in total. The number of rotatable bonds is 10. The van der Waals surface area contributed by atoms with Gasteiger partial charge in [-0.25, -0.2) is 4.79 Å². The maximum Gasteiger partial charge on any atom is 0.407 e. The number of nitrogens with one attached hydrogen (secondary N) is 1. The van der Waals surface area contributed by atoms with Gasteiger partial charge >= 0.3 is 12.1 Å². The van der Waals surface area contributed by atoms with Crippen molar-refractivity contribution in [3.63, 3.8) is 0 Å². The number of benzene rings is 3. The molecule has 8 heteroatoms. The van der Waals surface area contributed by atoms with Crippen molar-refractivity contribution >= 4 is 18.0 Å². The topological polar surface area (TPSA) is 88.2 Å². The summed E-state index contributed by atoms with van der Waals surface area (Å²) in [6, 6.07) is 25.2. The highest BCUT2D eigenvalue weighted by molar-refractivity contribution is 5.90. The SMILES string of the molecule is C=CCOC(=O)C[C@@H](NC(=O)OCC1c2ccccc2-c2ccccc21)C(=O)N1CCN(Cc2ccccc2)CC1. The fourth-order valence-corrected chi connectivity index (χ4v) is 5.55. The third kappa shape index (κ3) is 6.84. The fourth-order valence-electron chi connectivity index (χ4n) is 5.55. The lowest BCUT2D eigenvalue weighted by atomic mass is 9.98. The highest BCUT2D eigenvalue weighted by Gasteiger charge is 2.33. The van der Waals surface area contributed by atoms with Crippen LogP contribution in [0.4, 0.5) is 4.79 Å². The van der Waals surface area contributed by atoms with E-state index in [-0.39, 0.29) is 31.5 Å². The fraction of sp³-hybridized carbons (Fsp3) is 0.303. The number of hydrogen-bond donors (Lipinski definition) is 1. The van der Waals surface area contributed by atoms with Crippen LogP contribution in [0.5, 0.6) is 0 Å². The number of alkyl carbamates (subject to hydrolysis) is 1. The molecular formula is C33H35N3O5. The molecular weight excluding hydrogens is 518 g/mol. The first-order chi connectivity index (χ1) is 20.0. The second kappa shape index (κ2) is 13.3. The Bertz CT molecular complexity index is 1340. The summed E-state index contributed by atoms with van der Waals surface area (Å²) < 4.78 is 10.8. The molecule has 0 radical (unpaired) electrons. The molecule has 1 saturated heterocycles. The van der Waals surface area contributed by atoms with Crippen LogP contribution in [-0.4, -0.2) is 73.2 Å². The first kappa shape index (κ1) is 28.1. The molecule has 1 heterocycles. The Balaban J connectivity index is 1.21. The average Bonchev–Trinajstić information content (AvgIpc) is 3.33. The van der Waals surface area contributed by atoms with Crippen molar-refractivity contribution in [3.05, 3.63) is 108 Å². The van der Waals surface area contributed by atoms with Crippen LogP contribution in [-0.2, 0) is 25.6 Å². The summed E-state index contributed by atoms with van der Waals surface area (Å²) >= 11 is 0. The van der Waals surface area contributed by atoms with Crippen LogP contribution in [0.25, 0.3) is 11.1 Å². The lowest BCUT2D eigenvalue weighted by Crippen LogP contribution is -2.55. The molecule has 1 fully saturated rings. The van der Waals surface area contributed by atoms with Crippen LogP contribution in [0.15, 0.2) is 91.5 Å². The summed E-state index contributed by atoms with van der Waals surface area (Å²) in [5.74, 6) is -1.03. The highest BCUT2D eigenvalue weighted by Crippen LogP contribution is 2.44. The normalized spacial score (nSPS) is 15.4. The minimum Gasteiger partial charge on any atom is -0.461 e. The zero-order valence-corrected chi connectivity index (χ0v) is 23.0. The molecule has 0 saturated carbocycles. The molecule has 2 amide bonds. The smallest absolute Gasteiger partial charge is 0.407 e. The quantitative estimate of drug-likeness (QED) is 0.297. The van der Waals surface area contributed by atoms with E-state index in [1.807, 2.05) is 54.6 Å². The molecule has 0 bridgehead atoms. The summed E-state index contributed by atoms with van der Waals surface area (Å²) in [6.45, 7) is 6.88. The molecule has 0 unspecified atom stereocenters. The first-order valence-electron chi connectivity index (χ1n) is 14.0. The van der Waals surface area contributed by atoms with Crippen LogP contribution in [0, 0.1) is 0 Å². The van der Waals surface area contributed by atoms with E-state index in [0.29, 0.717) is 26.2 Å². The molecule has 1 aliphatic carbocycles. The number of hydrogen-bond acceptors (Lipinski definition) is 6.